The van der Waals surface area contributed by atoms with E-state index < -0.39 is 5.25 Å². The van der Waals surface area contributed by atoms with E-state index in [0.29, 0.717) is 10.6 Å². The van der Waals surface area contributed by atoms with E-state index >= 15 is 0 Å². The van der Waals surface area contributed by atoms with E-state index in [2.05, 4.69) is 16.4 Å². The van der Waals surface area contributed by atoms with Gasteiger partial charge in [0.1, 0.15) is 5.25 Å². The van der Waals surface area contributed by atoms with Crippen LogP contribution in [0, 0.1) is 25.2 Å². The molecule has 134 valence electrons. The van der Waals surface area contributed by atoms with Crippen LogP contribution in [0.25, 0.3) is 0 Å². The molecule has 3 rings (SSSR count). The van der Waals surface area contributed by atoms with Gasteiger partial charge in [-0.25, -0.2) is 4.98 Å². The van der Waals surface area contributed by atoms with Crippen molar-refractivity contribution in [3.63, 3.8) is 0 Å². The first kappa shape index (κ1) is 18.7. The second-order valence-corrected chi connectivity index (χ2v) is 7.34. The lowest BCUT2D eigenvalue weighted by atomic mass is 10.1. The van der Waals surface area contributed by atoms with Gasteiger partial charge in [0.25, 0.3) is 0 Å². The van der Waals surface area contributed by atoms with Crippen LogP contribution in [-0.2, 0) is 4.79 Å². The van der Waals surface area contributed by atoms with Crippen molar-refractivity contribution in [2.24, 2.45) is 0 Å². The quantitative estimate of drug-likeness (QED) is 0.636. The maximum Gasteiger partial charge on any atom is 0.242 e. The summed E-state index contributed by atoms with van der Waals surface area (Å²) in [6.07, 6.45) is 1.59. The van der Waals surface area contributed by atoms with Crippen molar-refractivity contribution in [1.29, 1.82) is 5.26 Å². The van der Waals surface area contributed by atoms with Crippen molar-refractivity contribution < 1.29 is 4.79 Å². The van der Waals surface area contributed by atoms with Crippen LogP contribution in [0.5, 0.6) is 0 Å². The third-order valence-corrected chi connectivity index (χ3v) is 5.28. The number of nitrogens with zero attached hydrogens (tertiary/aromatic N) is 2. The molecule has 0 aliphatic heterocycles. The monoisotopic (exact) mass is 373 g/mol. The second kappa shape index (κ2) is 8.52. The number of nitrogens with one attached hydrogen (secondary N) is 1. The Kier molecular flexibility index (Phi) is 5.90. The zero-order valence-corrected chi connectivity index (χ0v) is 16.0. The molecule has 0 saturated heterocycles. The largest absolute Gasteiger partial charge is 0.325 e. The lowest BCUT2D eigenvalue weighted by Gasteiger charge is -2.18. The predicted molar refractivity (Wildman–Crippen MR) is 109 cm³/mol. The Hall–Kier alpha value is -3.10. The van der Waals surface area contributed by atoms with E-state index in [1.54, 1.807) is 18.3 Å². The summed E-state index contributed by atoms with van der Waals surface area (Å²) in [6, 6.07) is 21.0. The van der Waals surface area contributed by atoms with Gasteiger partial charge in [-0.15, -0.1) is 0 Å². The molecule has 1 unspecified atom stereocenters. The zero-order chi connectivity index (χ0) is 19.2. The average Bonchev–Trinajstić information content (AvgIpc) is 2.69. The molecule has 2 aromatic carbocycles. The second-order valence-electron chi connectivity index (χ2n) is 6.21. The van der Waals surface area contributed by atoms with Crippen LogP contribution in [0.3, 0.4) is 0 Å². The Bertz CT molecular complexity index is 996. The Balaban J connectivity index is 1.91. The molecular weight excluding hydrogens is 354 g/mol. The average molecular weight is 373 g/mol. The van der Waals surface area contributed by atoms with Crippen LogP contribution in [0.4, 0.5) is 5.69 Å². The number of anilines is 1. The SMILES string of the molecule is Cc1ccc(C)c(NC(=O)C(Sc2cc(C#N)ccn2)c2ccccc2)c1. The summed E-state index contributed by atoms with van der Waals surface area (Å²) >= 11 is 1.33. The van der Waals surface area contributed by atoms with Crippen molar-refractivity contribution in [2.45, 2.75) is 24.1 Å². The number of thioether (sulfide) groups is 1. The summed E-state index contributed by atoms with van der Waals surface area (Å²) in [5.74, 6) is -0.121. The van der Waals surface area contributed by atoms with Gasteiger partial charge in [-0.1, -0.05) is 54.2 Å². The number of carbonyl (C=O) groups is 1. The maximum atomic E-state index is 13.1. The topological polar surface area (TPSA) is 65.8 Å². The third kappa shape index (κ3) is 4.75. The number of benzene rings is 2. The molecule has 5 heteroatoms. The highest BCUT2D eigenvalue weighted by molar-refractivity contribution is 8.00. The van der Waals surface area contributed by atoms with Crippen LogP contribution in [0.1, 0.15) is 27.5 Å². The number of aromatic nitrogens is 1. The Morgan fingerprint density at radius 1 is 1.11 bits per heavy atom. The molecule has 3 aromatic rings. The molecule has 1 heterocycles. The normalized spacial score (nSPS) is 11.4. The number of aryl methyl sites for hydroxylation is 2. The van der Waals surface area contributed by atoms with Gasteiger partial charge < -0.3 is 5.32 Å². The fourth-order valence-electron chi connectivity index (χ4n) is 2.63. The molecule has 0 saturated carbocycles. The van der Waals surface area contributed by atoms with Gasteiger partial charge in [0, 0.05) is 11.9 Å². The lowest BCUT2D eigenvalue weighted by Crippen LogP contribution is -2.19. The number of hydrogen-bond acceptors (Lipinski definition) is 4. The summed E-state index contributed by atoms with van der Waals surface area (Å²) in [7, 11) is 0. The highest BCUT2D eigenvalue weighted by Crippen LogP contribution is 2.35. The highest BCUT2D eigenvalue weighted by atomic mass is 32.2. The summed E-state index contributed by atoms with van der Waals surface area (Å²) in [5.41, 5.74) is 4.31. The van der Waals surface area contributed by atoms with Crippen LogP contribution >= 0.6 is 11.8 Å². The molecule has 4 nitrogen and oxygen atoms in total. The van der Waals surface area contributed by atoms with Gasteiger partial charge in [-0.2, -0.15) is 5.26 Å². The highest BCUT2D eigenvalue weighted by Gasteiger charge is 2.23. The molecule has 1 amide bonds. The molecule has 0 fully saturated rings. The molecule has 0 spiro atoms. The van der Waals surface area contributed by atoms with Crippen LogP contribution < -0.4 is 5.32 Å². The van der Waals surface area contributed by atoms with E-state index in [-0.39, 0.29) is 5.91 Å². The summed E-state index contributed by atoms with van der Waals surface area (Å²) in [4.78, 5) is 17.4. The molecule has 27 heavy (non-hydrogen) atoms. The van der Waals surface area contributed by atoms with Crippen LogP contribution in [0.15, 0.2) is 71.9 Å². The van der Waals surface area contributed by atoms with Gasteiger partial charge in [0.2, 0.25) is 5.91 Å². The molecule has 0 bridgehead atoms. The van der Waals surface area contributed by atoms with E-state index in [4.69, 9.17) is 5.26 Å². The predicted octanol–water partition coefficient (Wildman–Crippen LogP) is 5.04. The summed E-state index contributed by atoms with van der Waals surface area (Å²) in [5, 5.41) is 12.3. The smallest absolute Gasteiger partial charge is 0.242 e. The first-order valence-electron chi connectivity index (χ1n) is 8.52. The molecule has 0 aliphatic rings. The minimum atomic E-state index is -0.479. The van der Waals surface area contributed by atoms with E-state index in [9.17, 15) is 4.79 Å². The summed E-state index contributed by atoms with van der Waals surface area (Å²) < 4.78 is 0. The number of carbonyl (C=O) groups excluding carboxylic acids is 1. The molecule has 1 N–H and O–H groups in total. The van der Waals surface area contributed by atoms with Crippen molar-refractivity contribution in [2.75, 3.05) is 5.32 Å². The van der Waals surface area contributed by atoms with Gasteiger partial charge in [0.15, 0.2) is 0 Å². The minimum absolute atomic E-state index is 0.121. The Labute approximate surface area is 163 Å². The summed E-state index contributed by atoms with van der Waals surface area (Å²) in [6.45, 7) is 3.97. The van der Waals surface area contributed by atoms with Crippen LogP contribution in [-0.4, -0.2) is 10.9 Å². The number of pyridine rings is 1. The Morgan fingerprint density at radius 2 is 1.89 bits per heavy atom. The van der Waals surface area contributed by atoms with Gasteiger partial charge >= 0.3 is 0 Å². The van der Waals surface area contributed by atoms with E-state index in [0.717, 1.165) is 22.4 Å². The van der Waals surface area contributed by atoms with E-state index in [1.807, 2.05) is 62.4 Å². The van der Waals surface area contributed by atoms with Crippen molar-refractivity contribution in [1.82, 2.24) is 4.98 Å². The van der Waals surface area contributed by atoms with Crippen LogP contribution in [0.2, 0.25) is 0 Å². The standard InChI is InChI=1S/C22H19N3OS/c1-15-8-9-16(2)19(12-15)25-22(26)21(18-6-4-3-5-7-18)27-20-13-17(14-23)10-11-24-20/h3-13,21H,1-2H3,(H,25,26). The van der Waals surface area contributed by atoms with Crippen molar-refractivity contribution in [3.05, 3.63) is 89.1 Å². The molecule has 1 aromatic heterocycles. The minimum Gasteiger partial charge on any atom is -0.325 e. The third-order valence-electron chi connectivity index (χ3n) is 4.09. The first-order chi connectivity index (χ1) is 13.1. The van der Waals surface area contributed by atoms with Crippen molar-refractivity contribution >= 4 is 23.4 Å². The Morgan fingerprint density at radius 3 is 2.63 bits per heavy atom. The number of hydrogen-bond donors (Lipinski definition) is 1. The maximum absolute atomic E-state index is 13.1. The molecular formula is C22H19N3OS. The number of rotatable bonds is 5. The fourth-order valence-corrected chi connectivity index (χ4v) is 3.65. The van der Waals surface area contributed by atoms with Gasteiger partial charge in [-0.3, -0.25) is 4.79 Å². The first-order valence-corrected chi connectivity index (χ1v) is 9.40. The fraction of sp³-hybridized carbons (Fsp3) is 0.136. The molecule has 0 radical (unpaired) electrons. The number of nitriles is 1. The van der Waals surface area contributed by atoms with E-state index in [1.165, 1.54) is 11.8 Å². The van der Waals surface area contributed by atoms with Gasteiger partial charge in [-0.05, 0) is 48.7 Å². The van der Waals surface area contributed by atoms with Gasteiger partial charge in [0.05, 0.1) is 16.7 Å². The molecule has 0 aliphatic carbocycles. The zero-order valence-electron chi connectivity index (χ0n) is 15.1. The van der Waals surface area contributed by atoms with Crippen molar-refractivity contribution in [3.8, 4) is 6.07 Å². The number of amides is 1. The molecule has 1 atom stereocenters. The lowest BCUT2D eigenvalue weighted by molar-refractivity contribution is -0.115.